The van der Waals surface area contributed by atoms with Gasteiger partial charge in [0.25, 0.3) is 0 Å². The number of aromatic nitrogens is 1. The molecule has 0 fully saturated rings. The lowest BCUT2D eigenvalue weighted by Crippen LogP contribution is -2.04. The smallest absolute Gasteiger partial charge is 0.124 e. The maximum Gasteiger partial charge on any atom is 0.124 e. The van der Waals surface area contributed by atoms with Crippen LogP contribution in [0.4, 0.5) is 0 Å². The van der Waals surface area contributed by atoms with E-state index in [4.69, 9.17) is 4.74 Å². The van der Waals surface area contributed by atoms with Crippen molar-refractivity contribution < 1.29 is 9.84 Å². The third-order valence-corrected chi connectivity index (χ3v) is 2.68. The number of nitrogens with zero attached hydrogens (tertiary/aromatic N) is 1. The van der Waals surface area contributed by atoms with E-state index in [9.17, 15) is 5.11 Å². The van der Waals surface area contributed by atoms with Gasteiger partial charge in [0, 0.05) is 24.4 Å². The number of rotatable bonds is 4. The average molecular weight is 229 g/mol. The molecule has 1 atom stereocenters. The Bertz CT molecular complexity index is 471. The Labute approximate surface area is 101 Å². The van der Waals surface area contributed by atoms with E-state index in [1.807, 2.05) is 36.4 Å². The Balaban J connectivity index is 2.17. The summed E-state index contributed by atoms with van der Waals surface area (Å²) in [6.45, 7) is 0. The first-order chi connectivity index (χ1) is 8.31. The highest BCUT2D eigenvalue weighted by Gasteiger charge is 2.12. The predicted octanol–water partition coefficient (Wildman–Crippen LogP) is 2.37. The molecule has 0 aliphatic carbocycles. The van der Waals surface area contributed by atoms with Crippen molar-refractivity contribution >= 4 is 0 Å². The number of aliphatic hydroxyl groups excluding tert-OH is 1. The van der Waals surface area contributed by atoms with Gasteiger partial charge in [0.15, 0.2) is 0 Å². The number of benzene rings is 1. The number of methoxy groups -OCH3 is 1. The van der Waals surface area contributed by atoms with Gasteiger partial charge < -0.3 is 9.84 Å². The van der Waals surface area contributed by atoms with E-state index in [1.165, 1.54) is 0 Å². The summed E-state index contributed by atoms with van der Waals surface area (Å²) in [7, 11) is 1.61. The number of hydrogen-bond acceptors (Lipinski definition) is 3. The van der Waals surface area contributed by atoms with Crippen LogP contribution >= 0.6 is 0 Å². The number of aliphatic hydroxyl groups is 1. The molecule has 2 aromatic rings. The molecule has 0 unspecified atom stereocenters. The van der Waals surface area contributed by atoms with Gasteiger partial charge in [-0.3, -0.25) is 4.98 Å². The SMILES string of the molecule is COc1ccccc1[C@@H](O)Cc1ccncc1. The first-order valence-electron chi connectivity index (χ1n) is 5.51. The van der Waals surface area contributed by atoms with Crippen molar-refractivity contribution in [1.82, 2.24) is 4.98 Å². The second-order valence-electron chi connectivity index (χ2n) is 3.82. The monoisotopic (exact) mass is 229 g/mol. The fourth-order valence-electron chi connectivity index (χ4n) is 1.79. The van der Waals surface area contributed by atoms with Crippen LogP contribution in [0.15, 0.2) is 48.8 Å². The Morgan fingerprint density at radius 3 is 2.59 bits per heavy atom. The van der Waals surface area contributed by atoms with E-state index >= 15 is 0 Å². The van der Waals surface area contributed by atoms with Gasteiger partial charge >= 0.3 is 0 Å². The second-order valence-corrected chi connectivity index (χ2v) is 3.82. The minimum Gasteiger partial charge on any atom is -0.496 e. The molecule has 1 N–H and O–H groups in total. The quantitative estimate of drug-likeness (QED) is 0.875. The van der Waals surface area contributed by atoms with Crippen molar-refractivity contribution in [3.8, 4) is 5.75 Å². The minimum absolute atomic E-state index is 0.558. The molecular formula is C14H15NO2. The van der Waals surface area contributed by atoms with Crippen LogP contribution < -0.4 is 4.74 Å². The van der Waals surface area contributed by atoms with Crippen molar-refractivity contribution in [2.24, 2.45) is 0 Å². The molecule has 0 saturated heterocycles. The molecule has 0 bridgehead atoms. The van der Waals surface area contributed by atoms with Gasteiger partial charge in [0.05, 0.1) is 13.2 Å². The first-order valence-corrected chi connectivity index (χ1v) is 5.51. The topological polar surface area (TPSA) is 42.4 Å². The zero-order chi connectivity index (χ0) is 12.1. The van der Waals surface area contributed by atoms with Crippen LogP contribution in [0.2, 0.25) is 0 Å². The van der Waals surface area contributed by atoms with Crippen molar-refractivity contribution in [3.05, 3.63) is 59.9 Å². The third kappa shape index (κ3) is 2.82. The largest absolute Gasteiger partial charge is 0.496 e. The van der Waals surface area contributed by atoms with Crippen molar-refractivity contribution in [2.75, 3.05) is 7.11 Å². The lowest BCUT2D eigenvalue weighted by atomic mass is 10.0. The molecule has 17 heavy (non-hydrogen) atoms. The van der Waals surface area contributed by atoms with Crippen molar-refractivity contribution in [1.29, 1.82) is 0 Å². The molecule has 0 spiro atoms. The highest BCUT2D eigenvalue weighted by molar-refractivity contribution is 5.35. The average Bonchev–Trinajstić information content (AvgIpc) is 2.40. The Morgan fingerprint density at radius 1 is 1.18 bits per heavy atom. The number of pyridine rings is 1. The lowest BCUT2D eigenvalue weighted by Gasteiger charge is -2.14. The molecule has 0 amide bonds. The molecule has 1 heterocycles. The molecule has 2 rings (SSSR count). The summed E-state index contributed by atoms with van der Waals surface area (Å²) in [6, 6.07) is 11.3. The van der Waals surface area contributed by atoms with Gasteiger partial charge in [0.2, 0.25) is 0 Å². The maximum absolute atomic E-state index is 10.2. The number of hydrogen-bond donors (Lipinski definition) is 1. The van der Waals surface area contributed by atoms with E-state index in [2.05, 4.69) is 4.98 Å². The summed E-state index contributed by atoms with van der Waals surface area (Å²) < 4.78 is 5.23. The summed E-state index contributed by atoms with van der Waals surface area (Å²) in [4.78, 5) is 3.95. The Kier molecular flexibility index (Phi) is 3.73. The first kappa shape index (κ1) is 11.6. The van der Waals surface area contributed by atoms with Gasteiger partial charge in [-0.25, -0.2) is 0 Å². The van der Waals surface area contributed by atoms with Gasteiger partial charge in [-0.2, -0.15) is 0 Å². The Hall–Kier alpha value is -1.87. The predicted molar refractivity (Wildman–Crippen MR) is 65.9 cm³/mol. The van der Waals surface area contributed by atoms with E-state index in [0.717, 1.165) is 11.1 Å². The van der Waals surface area contributed by atoms with Crippen LogP contribution in [-0.4, -0.2) is 17.2 Å². The van der Waals surface area contributed by atoms with Crippen LogP contribution in [0, 0.1) is 0 Å². The molecule has 0 radical (unpaired) electrons. The molecule has 1 aromatic heterocycles. The highest BCUT2D eigenvalue weighted by atomic mass is 16.5. The van der Waals surface area contributed by atoms with E-state index in [0.29, 0.717) is 12.2 Å². The minimum atomic E-state index is -0.562. The molecule has 3 nitrogen and oxygen atoms in total. The molecule has 1 aromatic carbocycles. The molecule has 0 saturated carbocycles. The van der Waals surface area contributed by atoms with Gasteiger partial charge in [-0.05, 0) is 23.8 Å². The number of para-hydroxylation sites is 1. The van der Waals surface area contributed by atoms with Crippen LogP contribution in [0.5, 0.6) is 5.75 Å². The van der Waals surface area contributed by atoms with Gasteiger partial charge in [-0.15, -0.1) is 0 Å². The standard InChI is InChI=1S/C14H15NO2/c1-17-14-5-3-2-4-12(14)13(16)10-11-6-8-15-9-7-11/h2-9,13,16H,10H2,1H3/t13-/m0/s1. The summed E-state index contributed by atoms with van der Waals surface area (Å²) in [5.74, 6) is 0.717. The molecule has 0 aliphatic rings. The Morgan fingerprint density at radius 2 is 1.88 bits per heavy atom. The molecule has 88 valence electrons. The lowest BCUT2D eigenvalue weighted by molar-refractivity contribution is 0.174. The summed E-state index contributed by atoms with van der Waals surface area (Å²) in [5.41, 5.74) is 1.87. The van der Waals surface area contributed by atoms with Crippen LogP contribution in [0.25, 0.3) is 0 Å². The fourth-order valence-corrected chi connectivity index (χ4v) is 1.79. The zero-order valence-corrected chi connectivity index (χ0v) is 9.71. The van der Waals surface area contributed by atoms with Crippen LogP contribution in [0.1, 0.15) is 17.2 Å². The number of ether oxygens (including phenoxy) is 1. The molecular weight excluding hydrogens is 214 g/mol. The molecule has 3 heteroatoms. The maximum atomic E-state index is 10.2. The summed E-state index contributed by atoms with van der Waals surface area (Å²) >= 11 is 0. The van der Waals surface area contributed by atoms with Crippen LogP contribution in [0.3, 0.4) is 0 Å². The normalized spacial score (nSPS) is 12.1. The third-order valence-electron chi connectivity index (χ3n) is 2.68. The molecule has 0 aliphatic heterocycles. The summed E-state index contributed by atoms with van der Waals surface area (Å²) in [5, 5.41) is 10.2. The van der Waals surface area contributed by atoms with E-state index < -0.39 is 6.10 Å². The van der Waals surface area contributed by atoms with E-state index in [-0.39, 0.29) is 0 Å². The summed E-state index contributed by atoms with van der Waals surface area (Å²) in [6.07, 6.45) is 3.45. The van der Waals surface area contributed by atoms with Crippen molar-refractivity contribution in [3.63, 3.8) is 0 Å². The fraction of sp³-hybridized carbons (Fsp3) is 0.214. The second kappa shape index (κ2) is 5.46. The highest BCUT2D eigenvalue weighted by Crippen LogP contribution is 2.26. The van der Waals surface area contributed by atoms with Crippen molar-refractivity contribution in [2.45, 2.75) is 12.5 Å². The van der Waals surface area contributed by atoms with Gasteiger partial charge in [-0.1, -0.05) is 18.2 Å². The van der Waals surface area contributed by atoms with Gasteiger partial charge in [0.1, 0.15) is 5.75 Å². The zero-order valence-electron chi connectivity index (χ0n) is 9.71. The van der Waals surface area contributed by atoms with Crippen LogP contribution in [-0.2, 0) is 6.42 Å². The van der Waals surface area contributed by atoms with E-state index in [1.54, 1.807) is 19.5 Å².